The Kier molecular flexibility index (Phi) is 10.2. The number of amides is 1. The van der Waals surface area contributed by atoms with E-state index in [0.717, 1.165) is 29.9 Å². The number of hydrogen-bond acceptors (Lipinski definition) is 4. The summed E-state index contributed by atoms with van der Waals surface area (Å²) in [5.41, 5.74) is 0.910. The highest BCUT2D eigenvalue weighted by Crippen LogP contribution is 2.34. The van der Waals surface area contributed by atoms with Crippen molar-refractivity contribution in [2.24, 2.45) is 10.9 Å². The first-order chi connectivity index (χ1) is 18.5. The van der Waals surface area contributed by atoms with E-state index in [2.05, 4.69) is 35.1 Å². The highest BCUT2D eigenvalue weighted by Gasteiger charge is 2.32. The Morgan fingerprint density at radius 3 is 2.54 bits per heavy atom. The van der Waals surface area contributed by atoms with E-state index in [1.165, 1.54) is 11.0 Å². The van der Waals surface area contributed by atoms with Gasteiger partial charge in [0, 0.05) is 36.6 Å². The molecule has 39 heavy (non-hydrogen) atoms. The molecule has 2 aromatic rings. The molecule has 0 spiro atoms. The van der Waals surface area contributed by atoms with E-state index in [4.69, 9.17) is 11.6 Å². The Morgan fingerprint density at radius 1 is 1.15 bits per heavy atom. The maximum absolute atomic E-state index is 13.6. The maximum Gasteiger partial charge on any atom is 0.416 e. The average Bonchev–Trinajstić information content (AvgIpc) is 2.88. The van der Waals surface area contributed by atoms with E-state index in [1.807, 2.05) is 37.3 Å². The normalized spacial score (nSPS) is 17.3. The second-order valence-electron chi connectivity index (χ2n) is 9.51. The van der Waals surface area contributed by atoms with Crippen molar-refractivity contribution in [1.82, 2.24) is 4.90 Å². The molecule has 1 unspecified atom stereocenters. The summed E-state index contributed by atoms with van der Waals surface area (Å²) in [7, 11) is 0. The number of allylic oxidation sites excluding steroid dienone is 3. The zero-order valence-electron chi connectivity index (χ0n) is 23.0. The third kappa shape index (κ3) is 7.66. The molecule has 2 aromatic carbocycles. The third-order valence-electron chi connectivity index (χ3n) is 6.63. The minimum absolute atomic E-state index is 0.0260. The van der Waals surface area contributed by atoms with Crippen molar-refractivity contribution in [3.63, 3.8) is 0 Å². The summed E-state index contributed by atoms with van der Waals surface area (Å²) in [6, 6.07) is 10.8. The van der Waals surface area contributed by atoms with Crippen LogP contribution in [-0.4, -0.2) is 35.6 Å². The van der Waals surface area contributed by atoms with Crippen molar-refractivity contribution in [3.05, 3.63) is 83.2 Å². The number of halogens is 4. The topological polar surface area (TPSA) is 47.9 Å². The van der Waals surface area contributed by atoms with E-state index in [1.54, 1.807) is 19.9 Å². The van der Waals surface area contributed by atoms with Crippen molar-refractivity contribution >= 4 is 34.1 Å². The molecule has 5 nitrogen and oxygen atoms in total. The van der Waals surface area contributed by atoms with Gasteiger partial charge in [0.1, 0.15) is 11.0 Å². The Balaban J connectivity index is 1.97. The smallest absolute Gasteiger partial charge is 0.385 e. The van der Waals surface area contributed by atoms with E-state index in [9.17, 15) is 18.0 Å². The number of alkyl halides is 3. The van der Waals surface area contributed by atoms with Crippen LogP contribution in [0.15, 0.2) is 71.5 Å². The van der Waals surface area contributed by atoms with E-state index >= 15 is 0 Å². The largest absolute Gasteiger partial charge is 0.416 e. The van der Waals surface area contributed by atoms with Crippen LogP contribution in [0.3, 0.4) is 0 Å². The van der Waals surface area contributed by atoms with Gasteiger partial charge < -0.3 is 15.1 Å². The highest BCUT2D eigenvalue weighted by molar-refractivity contribution is 6.68. The quantitative estimate of drug-likeness (QED) is 0.336. The van der Waals surface area contributed by atoms with Crippen LogP contribution < -0.4 is 10.2 Å². The predicted molar refractivity (Wildman–Crippen MR) is 154 cm³/mol. The molecule has 210 valence electrons. The van der Waals surface area contributed by atoms with Gasteiger partial charge in [0.15, 0.2) is 0 Å². The van der Waals surface area contributed by atoms with Crippen LogP contribution in [0.25, 0.3) is 0 Å². The summed E-state index contributed by atoms with van der Waals surface area (Å²) in [6.45, 7) is 11.2. The Hall–Kier alpha value is -3.26. The first-order valence-electron chi connectivity index (χ1n) is 13.3. The lowest BCUT2D eigenvalue weighted by atomic mass is 10.0. The number of carbonyl (C=O) groups excluding carboxylic acids is 1. The monoisotopic (exact) mass is 560 g/mol. The summed E-state index contributed by atoms with van der Waals surface area (Å²) in [4.78, 5) is 21.8. The summed E-state index contributed by atoms with van der Waals surface area (Å²) < 4.78 is 40.7. The van der Waals surface area contributed by atoms with Gasteiger partial charge in [-0.15, -0.1) is 0 Å². The number of hydrogen-bond donors (Lipinski definition) is 1. The van der Waals surface area contributed by atoms with Crippen LogP contribution in [0.5, 0.6) is 0 Å². The van der Waals surface area contributed by atoms with E-state index < -0.39 is 17.6 Å². The van der Waals surface area contributed by atoms with Crippen LogP contribution in [0.2, 0.25) is 0 Å². The zero-order chi connectivity index (χ0) is 28.7. The van der Waals surface area contributed by atoms with Crippen LogP contribution in [0.4, 0.5) is 24.5 Å². The number of nitrogens with zero attached hydrogens (tertiary/aromatic N) is 3. The standard InChI is InChI=1S/C30H36ClF3N4O/c1-6-35-25-17-23(16-24(19-25)30(32,33)34)29(39)38(8-3)26-13-10-12-22(18-26)21(5)37(7-2)28-15-20(4)11-9-14-27(31)36-28/h9-10,12-21,35H,6-8,11H2,1-5H3/b14-9+,28-15?,36-27?/t20?,21-/m0/s1. The number of aliphatic imine (C=N–C) groups is 1. The van der Waals surface area contributed by atoms with Gasteiger partial charge in [-0.3, -0.25) is 4.79 Å². The van der Waals surface area contributed by atoms with E-state index in [-0.39, 0.29) is 29.8 Å². The van der Waals surface area contributed by atoms with Crippen molar-refractivity contribution in [3.8, 4) is 0 Å². The van der Waals surface area contributed by atoms with Gasteiger partial charge in [0.25, 0.3) is 5.91 Å². The zero-order valence-corrected chi connectivity index (χ0v) is 23.8. The second kappa shape index (κ2) is 13.2. The van der Waals surface area contributed by atoms with Gasteiger partial charge in [-0.1, -0.05) is 36.7 Å². The molecule has 0 aromatic heterocycles. The fourth-order valence-corrected chi connectivity index (χ4v) is 4.81. The van der Waals surface area contributed by atoms with Gasteiger partial charge >= 0.3 is 6.18 Å². The highest BCUT2D eigenvalue weighted by atomic mass is 35.5. The molecule has 0 saturated heterocycles. The SMILES string of the molecule is CCNc1cc(C(=O)N(CC)c2cccc([C@H](C)N(CC)C3=CC(C)C/C=C/C(Cl)=N3)c2)cc(C(F)(F)F)c1. The molecule has 0 radical (unpaired) electrons. The molecule has 1 aliphatic rings. The van der Waals surface area contributed by atoms with Crippen LogP contribution in [0, 0.1) is 5.92 Å². The molecule has 1 amide bonds. The molecular weight excluding hydrogens is 525 g/mol. The molecule has 1 N–H and O–H groups in total. The van der Waals surface area contributed by atoms with E-state index in [0.29, 0.717) is 23.9 Å². The summed E-state index contributed by atoms with van der Waals surface area (Å²) in [5.74, 6) is 0.560. The fraction of sp³-hybridized carbons (Fsp3) is 0.400. The first kappa shape index (κ1) is 30.3. The van der Waals surface area contributed by atoms with Crippen LogP contribution >= 0.6 is 11.6 Å². The second-order valence-corrected chi connectivity index (χ2v) is 9.90. The van der Waals surface area contributed by atoms with Gasteiger partial charge in [-0.2, -0.15) is 13.2 Å². The number of rotatable bonds is 9. The lowest BCUT2D eigenvalue weighted by Crippen LogP contribution is -2.31. The molecule has 0 bridgehead atoms. The lowest BCUT2D eigenvalue weighted by molar-refractivity contribution is -0.137. The first-order valence-corrected chi connectivity index (χ1v) is 13.6. The van der Waals surface area contributed by atoms with Crippen LogP contribution in [0.1, 0.15) is 68.6 Å². The number of nitrogens with one attached hydrogen (secondary N) is 1. The van der Waals surface area contributed by atoms with Crippen molar-refractivity contribution in [2.75, 3.05) is 29.9 Å². The van der Waals surface area contributed by atoms with Crippen molar-refractivity contribution in [1.29, 1.82) is 0 Å². The lowest BCUT2D eigenvalue weighted by Gasteiger charge is -2.32. The third-order valence-corrected chi connectivity index (χ3v) is 6.85. The van der Waals surface area contributed by atoms with Crippen molar-refractivity contribution < 1.29 is 18.0 Å². The minimum Gasteiger partial charge on any atom is -0.385 e. The van der Waals surface area contributed by atoms with Crippen LogP contribution in [-0.2, 0) is 6.18 Å². The van der Waals surface area contributed by atoms with Crippen molar-refractivity contribution in [2.45, 2.75) is 53.3 Å². The average molecular weight is 561 g/mol. The molecule has 0 aliphatic carbocycles. The molecule has 0 fully saturated rings. The number of carbonyl (C=O) groups is 1. The Bertz CT molecular complexity index is 1260. The minimum atomic E-state index is -4.57. The molecule has 9 heteroatoms. The Morgan fingerprint density at radius 2 is 1.90 bits per heavy atom. The number of benzene rings is 2. The summed E-state index contributed by atoms with van der Waals surface area (Å²) >= 11 is 6.31. The molecule has 1 aliphatic heterocycles. The Labute approximate surface area is 234 Å². The maximum atomic E-state index is 13.6. The van der Waals surface area contributed by atoms with Gasteiger partial charge in [0.05, 0.1) is 11.6 Å². The molecule has 2 atom stereocenters. The molecule has 3 rings (SSSR count). The molecule has 0 saturated carbocycles. The molecule has 1 heterocycles. The fourth-order valence-electron chi connectivity index (χ4n) is 4.63. The van der Waals surface area contributed by atoms with Gasteiger partial charge in [-0.05, 0) is 88.1 Å². The summed E-state index contributed by atoms with van der Waals surface area (Å²) in [5, 5.41) is 3.31. The summed E-state index contributed by atoms with van der Waals surface area (Å²) in [6.07, 6.45) is 2.21. The number of anilines is 2. The van der Waals surface area contributed by atoms with Gasteiger partial charge in [-0.25, -0.2) is 4.99 Å². The predicted octanol–water partition coefficient (Wildman–Crippen LogP) is 8.26. The molecular formula is C30H36ClF3N4O. The van der Waals surface area contributed by atoms with Gasteiger partial charge in [0.2, 0.25) is 0 Å².